The van der Waals surface area contributed by atoms with E-state index in [9.17, 15) is 9.59 Å². The molecule has 0 saturated carbocycles. The predicted molar refractivity (Wildman–Crippen MR) is 74.5 cm³/mol. The Morgan fingerprint density at radius 1 is 0.947 bits per heavy atom. The van der Waals surface area contributed by atoms with E-state index in [0.717, 1.165) is 0 Å². The molecule has 0 aromatic carbocycles. The van der Waals surface area contributed by atoms with E-state index >= 15 is 0 Å². The second-order valence-corrected chi connectivity index (χ2v) is 6.64. The fraction of sp³-hybridized carbons (Fsp3) is 0.733. The number of hydrogen-bond acceptors (Lipinski definition) is 4. The molecular weight excluding hydrogens is 244 g/mol. The first kappa shape index (κ1) is 17.7. The number of esters is 2. The van der Waals surface area contributed by atoms with Gasteiger partial charge in [0.05, 0.1) is 0 Å². The van der Waals surface area contributed by atoms with E-state index in [1.165, 1.54) is 0 Å². The molecule has 19 heavy (non-hydrogen) atoms. The summed E-state index contributed by atoms with van der Waals surface area (Å²) in [5.41, 5.74) is -1.28. The Balaban J connectivity index is 5.07. The van der Waals surface area contributed by atoms with Gasteiger partial charge in [-0.1, -0.05) is 13.0 Å². The van der Waals surface area contributed by atoms with Crippen LogP contribution >= 0.6 is 0 Å². The van der Waals surface area contributed by atoms with Crippen LogP contribution in [0.2, 0.25) is 0 Å². The minimum absolute atomic E-state index is 0.343. The van der Waals surface area contributed by atoms with Crippen LogP contribution in [-0.2, 0) is 19.1 Å². The maximum atomic E-state index is 12.1. The van der Waals surface area contributed by atoms with Crippen molar-refractivity contribution >= 4 is 11.9 Å². The van der Waals surface area contributed by atoms with Crippen LogP contribution in [0.25, 0.3) is 0 Å². The molecule has 4 nitrogen and oxygen atoms in total. The lowest BCUT2D eigenvalue weighted by atomic mass is 9.93. The fourth-order valence-electron chi connectivity index (χ4n) is 1.39. The summed E-state index contributed by atoms with van der Waals surface area (Å²) >= 11 is 0. The normalized spacial score (nSPS) is 13.9. The summed E-state index contributed by atoms with van der Waals surface area (Å²) in [5, 5.41) is 0. The lowest BCUT2D eigenvalue weighted by Crippen LogP contribution is -2.39. The van der Waals surface area contributed by atoms with Crippen LogP contribution in [0.15, 0.2) is 12.7 Å². The van der Waals surface area contributed by atoms with Crippen LogP contribution < -0.4 is 0 Å². The zero-order valence-corrected chi connectivity index (χ0v) is 13.1. The number of ether oxygens (including phenoxy) is 2. The fourth-order valence-corrected chi connectivity index (χ4v) is 1.39. The van der Waals surface area contributed by atoms with Gasteiger partial charge < -0.3 is 9.47 Å². The highest BCUT2D eigenvalue weighted by Crippen LogP contribution is 2.22. The molecule has 0 aromatic rings. The van der Waals surface area contributed by atoms with Crippen LogP contribution in [-0.4, -0.2) is 23.1 Å². The van der Waals surface area contributed by atoms with Gasteiger partial charge in [0.1, 0.15) is 11.2 Å². The summed E-state index contributed by atoms with van der Waals surface area (Å²) in [7, 11) is 0. The first-order valence-corrected chi connectivity index (χ1v) is 6.45. The topological polar surface area (TPSA) is 52.6 Å². The second kappa shape index (κ2) is 6.22. The van der Waals surface area contributed by atoms with Gasteiger partial charge in [0, 0.05) is 0 Å². The number of hydrogen-bond donors (Lipinski definition) is 0. The third-order valence-corrected chi connectivity index (χ3v) is 2.22. The summed E-state index contributed by atoms with van der Waals surface area (Å²) in [6.07, 6.45) is 1.55. The molecule has 1 unspecified atom stereocenters. The molecule has 110 valence electrons. The van der Waals surface area contributed by atoms with Crippen LogP contribution in [0, 0.1) is 11.8 Å². The number of rotatable bonds is 4. The van der Waals surface area contributed by atoms with E-state index in [1.807, 2.05) is 0 Å². The van der Waals surface area contributed by atoms with Crippen LogP contribution in [0.1, 0.15) is 48.5 Å². The van der Waals surface area contributed by atoms with Gasteiger partial charge in [0.2, 0.25) is 0 Å². The van der Waals surface area contributed by atoms with Crippen molar-refractivity contribution in [2.75, 3.05) is 0 Å². The van der Waals surface area contributed by atoms with Gasteiger partial charge in [-0.2, -0.15) is 0 Å². The zero-order valence-electron chi connectivity index (χ0n) is 13.1. The molecule has 0 saturated heterocycles. The van der Waals surface area contributed by atoms with E-state index < -0.39 is 29.1 Å². The van der Waals surface area contributed by atoms with E-state index in [4.69, 9.17) is 9.47 Å². The van der Waals surface area contributed by atoms with Crippen LogP contribution in [0.5, 0.6) is 0 Å². The molecule has 0 bridgehead atoms. The Bertz CT molecular complexity index is 316. The Hall–Kier alpha value is -1.32. The number of allylic oxidation sites excluding steroid dienone is 1. The summed E-state index contributed by atoms with van der Waals surface area (Å²) < 4.78 is 10.5. The maximum Gasteiger partial charge on any atom is 0.321 e. The first-order valence-electron chi connectivity index (χ1n) is 6.45. The molecule has 0 aliphatic heterocycles. The van der Waals surface area contributed by atoms with Crippen molar-refractivity contribution in [1.29, 1.82) is 0 Å². The molecule has 1 atom stereocenters. The Morgan fingerprint density at radius 2 is 1.26 bits per heavy atom. The summed E-state index contributed by atoms with van der Waals surface area (Å²) in [4.78, 5) is 24.2. The van der Waals surface area contributed by atoms with E-state index in [-0.39, 0.29) is 5.92 Å². The minimum Gasteiger partial charge on any atom is -0.459 e. The average molecular weight is 270 g/mol. The standard InChI is InChI=1S/C15H26O4/c1-9-10(2)11(12(16)18-14(3,4)5)13(17)19-15(6,7)8/h9-11H,1H2,2-8H3. The Kier molecular flexibility index (Phi) is 5.79. The Morgan fingerprint density at radius 3 is 1.47 bits per heavy atom. The summed E-state index contributed by atoms with van der Waals surface area (Å²) in [6.45, 7) is 15.9. The van der Waals surface area contributed by atoms with Crippen molar-refractivity contribution in [3.05, 3.63) is 12.7 Å². The van der Waals surface area contributed by atoms with Gasteiger partial charge in [0.25, 0.3) is 0 Å². The molecule has 0 aromatic heterocycles. The Labute approximate surface area is 116 Å². The highest BCUT2D eigenvalue weighted by molar-refractivity contribution is 5.95. The average Bonchev–Trinajstić information content (AvgIpc) is 2.11. The molecule has 0 spiro atoms. The summed E-state index contributed by atoms with van der Waals surface area (Å²) in [6, 6.07) is 0. The van der Waals surface area contributed by atoms with Gasteiger partial charge >= 0.3 is 11.9 Å². The lowest BCUT2D eigenvalue weighted by molar-refractivity contribution is -0.176. The van der Waals surface area contributed by atoms with Gasteiger partial charge in [-0.15, -0.1) is 6.58 Å². The first-order chi connectivity index (χ1) is 8.37. The van der Waals surface area contributed by atoms with E-state index in [2.05, 4.69) is 6.58 Å². The van der Waals surface area contributed by atoms with E-state index in [1.54, 1.807) is 54.5 Å². The van der Waals surface area contributed by atoms with E-state index in [0.29, 0.717) is 0 Å². The van der Waals surface area contributed by atoms with Crippen LogP contribution in [0.4, 0.5) is 0 Å². The molecule has 0 aliphatic carbocycles. The zero-order chi connectivity index (χ0) is 15.4. The molecule has 4 heteroatoms. The highest BCUT2D eigenvalue weighted by Gasteiger charge is 2.37. The van der Waals surface area contributed by atoms with Crippen molar-refractivity contribution in [2.45, 2.75) is 59.7 Å². The van der Waals surface area contributed by atoms with Crippen molar-refractivity contribution in [1.82, 2.24) is 0 Å². The lowest BCUT2D eigenvalue weighted by Gasteiger charge is -2.28. The van der Waals surface area contributed by atoms with Gasteiger partial charge in [-0.3, -0.25) is 9.59 Å². The molecular formula is C15H26O4. The molecule has 0 rings (SSSR count). The van der Waals surface area contributed by atoms with Crippen molar-refractivity contribution in [2.24, 2.45) is 11.8 Å². The summed E-state index contributed by atoms with van der Waals surface area (Å²) in [5.74, 6) is -2.47. The third-order valence-electron chi connectivity index (χ3n) is 2.22. The highest BCUT2D eigenvalue weighted by atomic mass is 16.6. The quantitative estimate of drug-likeness (QED) is 0.447. The monoisotopic (exact) mass is 270 g/mol. The molecule has 0 aliphatic rings. The van der Waals surface area contributed by atoms with Crippen molar-refractivity contribution in [3.63, 3.8) is 0 Å². The molecule has 0 fully saturated rings. The van der Waals surface area contributed by atoms with Gasteiger partial charge in [-0.05, 0) is 47.5 Å². The number of carbonyl (C=O) groups is 2. The molecule has 0 N–H and O–H groups in total. The third kappa shape index (κ3) is 6.99. The van der Waals surface area contributed by atoms with Gasteiger partial charge in [-0.25, -0.2) is 0 Å². The van der Waals surface area contributed by atoms with Crippen molar-refractivity contribution in [3.8, 4) is 0 Å². The number of carbonyl (C=O) groups excluding carboxylic acids is 2. The SMILES string of the molecule is C=CC(C)C(C(=O)OC(C)(C)C)C(=O)OC(C)(C)C. The smallest absolute Gasteiger partial charge is 0.321 e. The molecule has 0 heterocycles. The maximum absolute atomic E-state index is 12.1. The van der Waals surface area contributed by atoms with Crippen molar-refractivity contribution < 1.29 is 19.1 Å². The molecule has 0 amide bonds. The molecule has 0 radical (unpaired) electrons. The second-order valence-electron chi connectivity index (χ2n) is 6.64. The van der Waals surface area contributed by atoms with Crippen LogP contribution in [0.3, 0.4) is 0 Å². The van der Waals surface area contributed by atoms with Gasteiger partial charge in [0.15, 0.2) is 5.92 Å². The largest absolute Gasteiger partial charge is 0.459 e. The minimum atomic E-state index is -0.976. The predicted octanol–water partition coefficient (Wildman–Crippen LogP) is 3.11.